The molecule has 32 heteroatoms. The Hall–Kier alpha value is -6.99. The summed E-state index contributed by atoms with van der Waals surface area (Å²) in [7, 11) is -4.57. The monoisotopic (exact) mass is 1110 g/mol. The molecular formula is C43H49O30PS. The molecule has 0 bridgehead atoms. The van der Waals surface area contributed by atoms with Crippen molar-refractivity contribution in [1.29, 1.82) is 0 Å². The van der Waals surface area contributed by atoms with Gasteiger partial charge < -0.3 is 96.1 Å². The molecule has 3 aromatic rings. The quantitative estimate of drug-likeness (QED) is 0.0363. The van der Waals surface area contributed by atoms with Gasteiger partial charge in [0.2, 0.25) is 5.78 Å². The highest BCUT2D eigenvalue weighted by molar-refractivity contribution is 7.71. The van der Waals surface area contributed by atoms with E-state index in [2.05, 4.69) is 0 Å². The zero-order valence-corrected chi connectivity index (χ0v) is 42.1. The Balaban J connectivity index is 1.45. The summed E-state index contributed by atoms with van der Waals surface area (Å²) in [4.78, 5) is 87.1. The first-order valence-electron chi connectivity index (χ1n) is 21.9. The number of esters is 1. The fraction of sp³-hybridized carbons (Fsp3) is 0.535. The van der Waals surface area contributed by atoms with Crippen LogP contribution in [0, 0.1) is 4.90 Å². The van der Waals surface area contributed by atoms with E-state index in [-0.39, 0.29) is 21.6 Å². The maximum absolute atomic E-state index is 14.9. The lowest BCUT2D eigenvalue weighted by atomic mass is 9.92. The van der Waals surface area contributed by atoms with Gasteiger partial charge in [0.25, 0.3) is 0 Å². The molecule has 12 atom stereocenters. The highest BCUT2D eigenvalue weighted by Crippen LogP contribution is 2.56. The number of phosphoric acid groups is 1. The van der Waals surface area contributed by atoms with Crippen molar-refractivity contribution in [3.8, 4) is 17.2 Å². The third-order valence-electron chi connectivity index (χ3n) is 10.3. The Morgan fingerprint density at radius 1 is 0.680 bits per heavy atom. The molecule has 0 saturated carbocycles. The lowest BCUT2D eigenvalue weighted by Crippen LogP contribution is -2.65. The van der Waals surface area contributed by atoms with Gasteiger partial charge in [0.15, 0.2) is 72.6 Å². The molecular weight excluding hydrogens is 1060 g/mol. The van der Waals surface area contributed by atoms with Crippen LogP contribution in [0.25, 0.3) is 11.2 Å². The predicted molar refractivity (Wildman–Crippen MR) is 239 cm³/mol. The predicted octanol–water partition coefficient (Wildman–Crippen LogP) is 7.01. The van der Waals surface area contributed by atoms with Crippen molar-refractivity contribution in [2.75, 3.05) is 6.61 Å². The van der Waals surface area contributed by atoms with Crippen LogP contribution in [0.4, 0.5) is 24.0 Å². The number of ether oxygens (including phenoxy) is 11. The molecule has 6 unspecified atom stereocenters. The van der Waals surface area contributed by atoms with E-state index in [0.29, 0.717) is 0 Å². The van der Waals surface area contributed by atoms with E-state index >= 15 is 0 Å². The summed E-state index contributed by atoms with van der Waals surface area (Å²) < 4.78 is 102. The maximum Gasteiger partial charge on any atom is 0.531 e. The molecule has 2 fully saturated rings. The van der Waals surface area contributed by atoms with Crippen LogP contribution < -0.4 is 9.26 Å². The Morgan fingerprint density at radius 3 is 1.76 bits per heavy atom. The summed E-state index contributed by atoms with van der Waals surface area (Å²) in [5.41, 5.74) is -2.70. The van der Waals surface area contributed by atoms with Gasteiger partial charge in [-0.25, -0.2) is 28.5 Å². The van der Waals surface area contributed by atoms with Crippen molar-refractivity contribution < 1.29 is 143 Å². The molecule has 75 heavy (non-hydrogen) atoms. The van der Waals surface area contributed by atoms with Crippen LogP contribution in [0.3, 0.4) is 0 Å². The lowest BCUT2D eigenvalue weighted by molar-refractivity contribution is -0.334. The number of phosphoric ester groups is 1. The highest BCUT2D eigenvalue weighted by atomic mass is 32.1. The highest BCUT2D eigenvalue weighted by Gasteiger charge is 2.57. The van der Waals surface area contributed by atoms with Crippen LogP contribution in [0.2, 0.25) is 0 Å². The minimum atomic E-state index is -4.57. The Kier molecular flexibility index (Phi) is 17.2. The number of ketones is 1. The zero-order chi connectivity index (χ0) is 55.6. The fourth-order valence-electron chi connectivity index (χ4n) is 7.91. The molecule has 412 valence electrons. The topological polar surface area (TPSA) is 413 Å². The summed E-state index contributed by atoms with van der Waals surface area (Å²) >= 11 is 5.03. The normalized spacial score (nSPS) is 26.9. The summed E-state index contributed by atoms with van der Waals surface area (Å²) in [5, 5.41) is 59.8. The molecule has 30 nitrogen and oxygen atoms in total. The summed E-state index contributed by atoms with van der Waals surface area (Å²) in [6.45, 7) is 10.2. The average Bonchev–Trinajstić information content (AvgIpc) is 3.62. The third kappa shape index (κ3) is 14.4. The van der Waals surface area contributed by atoms with Gasteiger partial charge in [0.1, 0.15) is 28.9 Å². The molecule has 3 aliphatic heterocycles. The number of aromatic hydroxyl groups is 1. The number of hydrogen-bond acceptors (Lipinski definition) is 26. The number of benzene rings is 2. The molecule has 0 spiro atoms. The molecule has 6 N–H and O–H groups in total. The van der Waals surface area contributed by atoms with Crippen molar-refractivity contribution in [3.05, 3.63) is 46.4 Å². The van der Waals surface area contributed by atoms with Gasteiger partial charge in [-0.1, -0.05) is 6.07 Å². The van der Waals surface area contributed by atoms with Gasteiger partial charge in [0, 0.05) is 31.3 Å². The van der Waals surface area contributed by atoms with Gasteiger partial charge in [0.05, 0.1) is 23.9 Å². The second kappa shape index (κ2) is 22.5. The van der Waals surface area contributed by atoms with Crippen molar-refractivity contribution in [2.24, 2.45) is 0 Å². The number of carbonyl (C=O) groups is 7. The number of carboxylic acid groups (broad SMARTS) is 5. The van der Waals surface area contributed by atoms with E-state index in [9.17, 15) is 68.8 Å². The first kappa shape index (κ1) is 57.3. The second-order valence-electron chi connectivity index (χ2n) is 18.3. The SMILES string of the molecule is CC(=O)OC1[C@H](OC2C(=O)c3c(O)cc(OP(=O)(OC(C)(C)C)OC(C)(C)C)cc3OC2c2ccc3oc(=S)oc3c2)O[C@H](CO[C@H]2OC(C)C(OC(=O)O)[C@@H](OC(=O)O)[C@H]2OC(=O)O)C(OC(=O)O)[C@@H]1OC(=O)O. The van der Waals surface area contributed by atoms with E-state index in [1.54, 1.807) is 41.5 Å². The van der Waals surface area contributed by atoms with E-state index in [1.165, 1.54) is 18.2 Å². The van der Waals surface area contributed by atoms with Crippen LogP contribution in [-0.4, -0.2) is 158 Å². The molecule has 2 saturated heterocycles. The number of phenols is 1. The molecule has 0 radical (unpaired) electrons. The van der Waals surface area contributed by atoms with E-state index in [4.69, 9.17) is 86.7 Å². The van der Waals surface area contributed by atoms with Crippen LogP contribution in [0.15, 0.2) is 39.2 Å². The molecule has 4 heterocycles. The van der Waals surface area contributed by atoms with Crippen molar-refractivity contribution in [3.63, 3.8) is 0 Å². The number of phenolic OH excluding ortho intramolecular Hbond substituents is 1. The number of rotatable bonds is 16. The van der Waals surface area contributed by atoms with Gasteiger partial charge in [-0.15, -0.1) is 0 Å². The van der Waals surface area contributed by atoms with Gasteiger partial charge in [-0.2, -0.15) is 0 Å². The lowest BCUT2D eigenvalue weighted by Gasteiger charge is -2.46. The number of hydrogen-bond donors (Lipinski definition) is 6. The minimum Gasteiger partial charge on any atom is -0.507 e. The smallest absolute Gasteiger partial charge is 0.507 e. The van der Waals surface area contributed by atoms with Gasteiger partial charge in [-0.05, 0) is 66.2 Å². The van der Waals surface area contributed by atoms with Crippen molar-refractivity contribution in [1.82, 2.24) is 0 Å². The summed E-state index contributed by atoms with van der Waals surface area (Å²) in [6.07, 6.45) is -35.3. The second-order valence-corrected chi connectivity index (χ2v) is 20.1. The van der Waals surface area contributed by atoms with E-state index < -0.39 is 165 Å². The number of carbonyl (C=O) groups excluding carboxylic acids is 2. The summed E-state index contributed by atoms with van der Waals surface area (Å²) in [5.74, 6) is -4.04. The number of Topliss-reactive ketones (excluding diaryl/α,β-unsaturated/α-hetero) is 1. The van der Waals surface area contributed by atoms with Crippen molar-refractivity contribution in [2.45, 2.75) is 140 Å². The zero-order valence-electron chi connectivity index (χ0n) is 40.4. The maximum atomic E-state index is 14.9. The fourth-order valence-corrected chi connectivity index (χ4v) is 9.90. The van der Waals surface area contributed by atoms with Gasteiger partial charge >= 0.3 is 49.5 Å². The Bertz CT molecular complexity index is 2750. The molecule has 0 amide bonds. The van der Waals surface area contributed by atoms with Crippen molar-refractivity contribution >= 4 is 73.7 Å². The van der Waals surface area contributed by atoms with Crippen LogP contribution in [0.1, 0.15) is 77.4 Å². The Labute approximate surface area is 426 Å². The van der Waals surface area contributed by atoms with Crippen LogP contribution >= 0.6 is 20.0 Å². The first-order valence-corrected chi connectivity index (χ1v) is 23.7. The minimum absolute atomic E-state index is 0.00592. The molecule has 6 rings (SSSR count). The largest absolute Gasteiger partial charge is 0.531 e. The summed E-state index contributed by atoms with van der Waals surface area (Å²) in [6, 6.07) is 5.97. The molecule has 1 aromatic heterocycles. The van der Waals surface area contributed by atoms with Crippen LogP contribution in [0.5, 0.6) is 17.2 Å². The first-order chi connectivity index (χ1) is 34.8. The molecule has 0 aliphatic carbocycles. The van der Waals surface area contributed by atoms with Crippen LogP contribution in [-0.2, 0) is 65.8 Å². The third-order valence-corrected chi connectivity index (χ3v) is 12.4. The van der Waals surface area contributed by atoms with E-state index in [1.807, 2.05) is 0 Å². The van der Waals surface area contributed by atoms with Gasteiger partial charge in [-0.3, -0.25) is 18.6 Å². The Morgan fingerprint density at radius 2 is 1.20 bits per heavy atom. The number of fused-ring (bicyclic) bond motifs is 2. The standard InChI is InChI=1S/C43H49O30PS/c1-15-26(66-36(47)48)30(68-38(51)52)32(70-40(55)56)34(59-15)58-14-23-28(67-37(49)50)31(69-39(53)54)33(60-16(2)44)35(62-23)65-29-25(46)24-19(45)12-18(71-74(57,72-42(3,4)5)73-43(6,7)8)13-22(24)61-27(29)17-9-10-20-21(11-17)64-41(75)63-20/h9-13,15,23,26-35,45H,14H2,1-8H3,(H,47,48)(H,49,50)(H,51,52)(H,53,54)(H,55,56)/t15?,23-,26?,27?,28?,29?,30-,31+,32-,33?,34+,35+/m1/s1. The average molecular weight is 1110 g/mol. The molecule has 3 aliphatic rings. The van der Waals surface area contributed by atoms with E-state index in [0.717, 1.165) is 26.0 Å². The molecule has 2 aromatic carbocycles.